The molecule has 0 unspecified atom stereocenters. The van der Waals surface area contributed by atoms with Crippen LogP contribution in [0.5, 0.6) is 0 Å². The second kappa shape index (κ2) is 6.10. The topological polar surface area (TPSA) is 87.7 Å². The highest BCUT2D eigenvalue weighted by Crippen LogP contribution is 2.34. The number of aromatic amines is 1. The largest absolute Gasteiger partial charge is 0.310 e. The zero-order valence-corrected chi connectivity index (χ0v) is 14.8. The van der Waals surface area contributed by atoms with E-state index in [-0.39, 0.29) is 17.9 Å². The predicted octanol–water partition coefficient (Wildman–Crippen LogP) is 2.81. The quantitative estimate of drug-likeness (QED) is 0.749. The summed E-state index contributed by atoms with van der Waals surface area (Å²) in [4.78, 5) is 38.0. The Morgan fingerprint density at radius 1 is 1.38 bits per heavy atom. The van der Waals surface area contributed by atoms with E-state index in [1.807, 2.05) is 12.3 Å². The Hall–Kier alpha value is -2.06. The first-order valence-electron chi connectivity index (χ1n) is 7.85. The molecule has 24 heavy (non-hydrogen) atoms. The Balaban J connectivity index is 1.49. The second-order valence-corrected chi connectivity index (χ2v) is 7.83. The third-order valence-electron chi connectivity index (χ3n) is 4.08. The first kappa shape index (κ1) is 15.5. The monoisotopic (exact) mass is 360 g/mol. The fraction of sp³-hybridized carbons (Fsp3) is 0.375. The van der Waals surface area contributed by atoms with E-state index in [1.165, 1.54) is 21.8 Å². The van der Waals surface area contributed by atoms with Gasteiger partial charge in [0.1, 0.15) is 10.7 Å². The van der Waals surface area contributed by atoms with Crippen molar-refractivity contribution in [3.05, 3.63) is 37.7 Å². The number of hydrogen-bond acceptors (Lipinski definition) is 6. The molecule has 3 aromatic rings. The Bertz CT molecular complexity index is 986. The van der Waals surface area contributed by atoms with Crippen molar-refractivity contribution in [1.82, 2.24) is 15.0 Å². The Kier molecular flexibility index (Phi) is 3.93. The van der Waals surface area contributed by atoms with E-state index in [0.29, 0.717) is 17.4 Å². The van der Waals surface area contributed by atoms with Crippen molar-refractivity contribution in [1.29, 1.82) is 0 Å². The molecule has 0 aromatic carbocycles. The zero-order chi connectivity index (χ0) is 16.7. The fourth-order valence-corrected chi connectivity index (χ4v) is 4.98. The maximum atomic E-state index is 12.4. The van der Waals surface area contributed by atoms with Gasteiger partial charge in [-0.3, -0.25) is 9.59 Å². The minimum atomic E-state index is -0.124. The van der Waals surface area contributed by atoms with Gasteiger partial charge >= 0.3 is 0 Å². The van der Waals surface area contributed by atoms with Gasteiger partial charge in [0.15, 0.2) is 5.13 Å². The van der Waals surface area contributed by atoms with E-state index in [0.717, 1.165) is 35.2 Å². The van der Waals surface area contributed by atoms with Crippen LogP contribution in [0.25, 0.3) is 10.2 Å². The number of anilines is 1. The number of hydrogen-bond donors (Lipinski definition) is 2. The van der Waals surface area contributed by atoms with E-state index >= 15 is 0 Å². The van der Waals surface area contributed by atoms with Crippen molar-refractivity contribution in [2.45, 2.75) is 39.0 Å². The number of carbonyl (C=O) groups excluding carboxylic acids is 1. The first-order valence-corrected chi connectivity index (χ1v) is 9.55. The van der Waals surface area contributed by atoms with Crippen molar-refractivity contribution in [2.24, 2.45) is 0 Å². The average Bonchev–Trinajstić information content (AvgIpc) is 3.20. The molecule has 0 radical (unpaired) electrons. The molecule has 3 heterocycles. The maximum Gasteiger partial charge on any atom is 0.259 e. The average molecular weight is 360 g/mol. The van der Waals surface area contributed by atoms with E-state index in [9.17, 15) is 9.59 Å². The van der Waals surface area contributed by atoms with Crippen molar-refractivity contribution in [3.8, 4) is 0 Å². The second-order valence-electron chi connectivity index (χ2n) is 5.89. The lowest BCUT2D eigenvalue weighted by atomic mass is 10.2. The molecule has 0 bridgehead atoms. The van der Waals surface area contributed by atoms with Gasteiger partial charge in [0.25, 0.3) is 5.56 Å². The molecule has 0 aliphatic heterocycles. The van der Waals surface area contributed by atoms with Crippen LogP contribution in [-0.4, -0.2) is 20.9 Å². The molecule has 124 valence electrons. The molecule has 1 amide bonds. The predicted molar refractivity (Wildman–Crippen MR) is 96.1 cm³/mol. The number of fused-ring (bicyclic) bond motifs is 3. The highest BCUT2D eigenvalue weighted by Gasteiger charge is 2.21. The Morgan fingerprint density at radius 2 is 2.25 bits per heavy atom. The number of thiazole rings is 1. The van der Waals surface area contributed by atoms with Gasteiger partial charge in [0.2, 0.25) is 5.91 Å². The summed E-state index contributed by atoms with van der Waals surface area (Å²) in [6.45, 7) is 1.88. The molecule has 1 aliphatic carbocycles. The molecule has 0 saturated carbocycles. The number of aromatic nitrogens is 3. The number of aryl methyl sites for hydroxylation is 4. The van der Waals surface area contributed by atoms with Crippen molar-refractivity contribution >= 4 is 43.9 Å². The van der Waals surface area contributed by atoms with Gasteiger partial charge in [-0.15, -0.1) is 22.7 Å². The third kappa shape index (κ3) is 2.87. The highest BCUT2D eigenvalue weighted by molar-refractivity contribution is 7.18. The van der Waals surface area contributed by atoms with Crippen LogP contribution in [0.3, 0.4) is 0 Å². The summed E-state index contributed by atoms with van der Waals surface area (Å²) in [5, 5.41) is 6.01. The van der Waals surface area contributed by atoms with E-state index in [2.05, 4.69) is 20.3 Å². The summed E-state index contributed by atoms with van der Waals surface area (Å²) in [7, 11) is 0. The van der Waals surface area contributed by atoms with Gasteiger partial charge in [-0.05, 0) is 31.7 Å². The molecule has 0 fully saturated rings. The van der Waals surface area contributed by atoms with Crippen LogP contribution in [0.1, 0.15) is 34.8 Å². The SMILES string of the molecule is Cc1csc(NC(=O)CCc2nc3sc4c(c3c(=O)[nH]2)CCC4)n1. The Labute approximate surface area is 146 Å². The third-order valence-corrected chi connectivity index (χ3v) is 6.14. The molecular formula is C16H16N4O2S2. The number of rotatable bonds is 4. The number of nitrogens with one attached hydrogen (secondary N) is 2. The van der Waals surface area contributed by atoms with Gasteiger partial charge < -0.3 is 10.3 Å². The molecule has 0 atom stereocenters. The van der Waals surface area contributed by atoms with Gasteiger partial charge in [0.05, 0.1) is 11.1 Å². The van der Waals surface area contributed by atoms with E-state index < -0.39 is 0 Å². The number of thiophene rings is 1. The number of H-pyrrole nitrogens is 1. The van der Waals surface area contributed by atoms with E-state index in [4.69, 9.17) is 0 Å². The fourth-order valence-electron chi connectivity index (χ4n) is 2.99. The molecule has 0 spiro atoms. The molecule has 8 heteroatoms. The number of carbonyl (C=O) groups is 1. The van der Waals surface area contributed by atoms with Crippen LogP contribution in [0.15, 0.2) is 10.2 Å². The van der Waals surface area contributed by atoms with Crippen LogP contribution in [0.4, 0.5) is 5.13 Å². The lowest BCUT2D eigenvalue weighted by Gasteiger charge is -2.02. The first-order chi connectivity index (χ1) is 11.6. The highest BCUT2D eigenvalue weighted by atomic mass is 32.1. The van der Waals surface area contributed by atoms with Gasteiger partial charge in [-0.1, -0.05) is 0 Å². The van der Waals surface area contributed by atoms with Crippen LogP contribution < -0.4 is 10.9 Å². The molecule has 2 N–H and O–H groups in total. The Morgan fingerprint density at radius 3 is 3.04 bits per heavy atom. The van der Waals surface area contributed by atoms with Crippen LogP contribution in [-0.2, 0) is 24.1 Å². The molecule has 1 aliphatic rings. The van der Waals surface area contributed by atoms with E-state index in [1.54, 1.807) is 11.3 Å². The van der Waals surface area contributed by atoms with Crippen LogP contribution in [0, 0.1) is 6.92 Å². The maximum absolute atomic E-state index is 12.4. The molecule has 4 rings (SSSR count). The summed E-state index contributed by atoms with van der Waals surface area (Å²) in [6, 6.07) is 0. The van der Waals surface area contributed by atoms with Crippen molar-refractivity contribution in [3.63, 3.8) is 0 Å². The molecular weight excluding hydrogens is 344 g/mol. The van der Waals surface area contributed by atoms with Crippen LogP contribution >= 0.6 is 22.7 Å². The molecule has 0 saturated heterocycles. The lowest BCUT2D eigenvalue weighted by Crippen LogP contribution is -2.16. The normalized spacial score (nSPS) is 13.4. The van der Waals surface area contributed by atoms with Crippen LogP contribution in [0.2, 0.25) is 0 Å². The van der Waals surface area contributed by atoms with Gasteiger partial charge in [0, 0.05) is 23.1 Å². The summed E-state index contributed by atoms with van der Waals surface area (Å²) in [5.74, 6) is 0.443. The minimum Gasteiger partial charge on any atom is -0.310 e. The van der Waals surface area contributed by atoms with Crippen molar-refractivity contribution in [2.75, 3.05) is 5.32 Å². The van der Waals surface area contributed by atoms with Crippen molar-refractivity contribution < 1.29 is 4.79 Å². The minimum absolute atomic E-state index is 0.0784. The molecule has 6 nitrogen and oxygen atoms in total. The number of amides is 1. The summed E-state index contributed by atoms with van der Waals surface area (Å²) in [6.07, 6.45) is 3.80. The zero-order valence-electron chi connectivity index (χ0n) is 13.1. The summed E-state index contributed by atoms with van der Waals surface area (Å²) >= 11 is 3.02. The summed E-state index contributed by atoms with van der Waals surface area (Å²) in [5.41, 5.74) is 1.98. The standard InChI is InChI=1S/C16H16N4O2S2/c1-8-7-23-16(17-8)20-12(21)6-5-11-18-14(22)13-9-3-2-4-10(9)24-15(13)19-11/h7H,2-6H2,1H3,(H,17,20,21)(H,18,19,22). The molecule has 3 aromatic heterocycles. The smallest absolute Gasteiger partial charge is 0.259 e. The number of nitrogens with zero attached hydrogens (tertiary/aromatic N) is 2. The summed E-state index contributed by atoms with van der Waals surface area (Å²) < 4.78 is 0. The lowest BCUT2D eigenvalue weighted by molar-refractivity contribution is -0.116. The van der Waals surface area contributed by atoms with Gasteiger partial charge in [-0.2, -0.15) is 0 Å². The van der Waals surface area contributed by atoms with Gasteiger partial charge in [-0.25, -0.2) is 9.97 Å².